The van der Waals surface area contributed by atoms with Gasteiger partial charge < -0.3 is 10.4 Å². The molecule has 0 radical (unpaired) electrons. The van der Waals surface area contributed by atoms with Gasteiger partial charge in [0.2, 0.25) is 5.91 Å². The Morgan fingerprint density at radius 1 is 1.32 bits per heavy atom. The molecule has 2 N–H and O–H groups in total. The van der Waals surface area contributed by atoms with E-state index in [-0.39, 0.29) is 21.5 Å². The van der Waals surface area contributed by atoms with Crippen LogP contribution in [0.25, 0.3) is 0 Å². The molecular formula is C11H13Cl2NO4S. The molecule has 8 heteroatoms. The average Bonchev–Trinajstić information content (AvgIpc) is 2.23. The molecular weight excluding hydrogens is 313 g/mol. The minimum Gasteiger partial charge on any atom is -0.504 e. The van der Waals surface area contributed by atoms with Crippen molar-refractivity contribution in [1.29, 1.82) is 0 Å². The Labute approximate surface area is 121 Å². The van der Waals surface area contributed by atoms with Crippen LogP contribution in [0.3, 0.4) is 0 Å². The zero-order valence-electron chi connectivity index (χ0n) is 10.5. The van der Waals surface area contributed by atoms with E-state index in [1.807, 2.05) is 0 Å². The van der Waals surface area contributed by atoms with E-state index in [0.717, 1.165) is 6.26 Å². The number of phenolic OH excluding ortho intramolecular Hbond substituents is 1. The molecule has 0 aliphatic heterocycles. The number of anilines is 1. The molecule has 19 heavy (non-hydrogen) atoms. The van der Waals surface area contributed by atoms with Crippen LogP contribution in [0.5, 0.6) is 5.75 Å². The maximum Gasteiger partial charge on any atom is 0.245 e. The van der Waals surface area contributed by atoms with E-state index in [1.54, 1.807) is 0 Å². The quantitative estimate of drug-likeness (QED) is 0.836. The average molecular weight is 326 g/mol. The van der Waals surface area contributed by atoms with Crippen molar-refractivity contribution in [3.8, 4) is 5.75 Å². The number of sulfone groups is 1. The summed E-state index contributed by atoms with van der Waals surface area (Å²) in [6, 6.07) is 2.58. The van der Waals surface area contributed by atoms with Gasteiger partial charge in [0.05, 0.1) is 10.7 Å². The molecule has 0 aromatic heterocycles. The molecule has 0 unspecified atom stereocenters. The Kier molecular flexibility index (Phi) is 4.39. The van der Waals surface area contributed by atoms with E-state index in [4.69, 9.17) is 23.2 Å². The van der Waals surface area contributed by atoms with Crippen LogP contribution in [0.1, 0.15) is 13.8 Å². The Hall–Kier alpha value is -0.980. The second-order valence-corrected chi connectivity index (χ2v) is 7.93. The first-order valence-corrected chi connectivity index (χ1v) is 7.80. The number of hydrogen-bond acceptors (Lipinski definition) is 4. The molecule has 0 bridgehead atoms. The van der Waals surface area contributed by atoms with Crippen LogP contribution in [0.15, 0.2) is 12.1 Å². The molecule has 0 aliphatic carbocycles. The van der Waals surface area contributed by atoms with Gasteiger partial charge in [-0.25, -0.2) is 8.42 Å². The first-order valence-electron chi connectivity index (χ1n) is 5.16. The number of nitrogens with one attached hydrogen (secondary N) is 1. The predicted molar refractivity (Wildman–Crippen MR) is 75.7 cm³/mol. The molecule has 0 saturated heterocycles. The molecule has 1 aromatic carbocycles. The summed E-state index contributed by atoms with van der Waals surface area (Å²) >= 11 is 11.4. The van der Waals surface area contributed by atoms with Crippen molar-refractivity contribution in [2.45, 2.75) is 18.6 Å². The minimum absolute atomic E-state index is 0.0417. The van der Waals surface area contributed by atoms with Crippen LogP contribution in [-0.2, 0) is 14.6 Å². The highest BCUT2D eigenvalue weighted by Gasteiger charge is 2.38. The number of benzene rings is 1. The maximum atomic E-state index is 12.0. The van der Waals surface area contributed by atoms with Crippen LogP contribution in [0, 0.1) is 0 Å². The molecule has 0 heterocycles. The monoisotopic (exact) mass is 325 g/mol. The standard InChI is InChI=1S/C11H13Cl2NO4S/c1-11(2,19(3,17)18)10(16)14-8-5-6(12)4-7(13)9(8)15/h4-5,15H,1-3H3,(H,14,16). The summed E-state index contributed by atoms with van der Waals surface area (Å²) in [4.78, 5) is 12.0. The van der Waals surface area contributed by atoms with Crippen LogP contribution >= 0.6 is 23.2 Å². The second kappa shape index (κ2) is 5.19. The van der Waals surface area contributed by atoms with Gasteiger partial charge >= 0.3 is 0 Å². The SMILES string of the molecule is CC(C)(C(=O)Nc1cc(Cl)cc(Cl)c1O)S(C)(=O)=O. The fourth-order valence-corrected chi connectivity index (χ4v) is 1.98. The zero-order valence-corrected chi connectivity index (χ0v) is 12.8. The lowest BCUT2D eigenvalue weighted by atomic mass is 10.2. The summed E-state index contributed by atoms with van der Waals surface area (Å²) < 4.78 is 21.4. The topological polar surface area (TPSA) is 83.5 Å². The van der Waals surface area contributed by atoms with Crippen LogP contribution in [-0.4, -0.2) is 30.4 Å². The molecule has 0 spiro atoms. The number of rotatable bonds is 3. The number of hydrogen-bond donors (Lipinski definition) is 2. The van der Waals surface area contributed by atoms with Gasteiger partial charge in [0.1, 0.15) is 4.75 Å². The number of amides is 1. The van der Waals surface area contributed by atoms with Gasteiger partial charge in [-0.15, -0.1) is 0 Å². The van der Waals surface area contributed by atoms with Crippen molar-refractivity contribution in [2.75, 3.05) is 11.6 Å². The van der Waals surface area contributed by atoms with Crippen LogP contribution in [0.2, 0.25) is 10.0 Å². The maximum absolute atomic E-state index is 12.0. The van der Waals surface area contributed by atoms with Crippen molar-refractivity contribution in [2.24, 2.45) is 0 Å². The minimum atomic E-state index is -3.61. The van der Waals surface area contributed by atoms with Crippen LogP contribution in [0.4, 0.5) is 5.69 Å². The van der Waals surface area contributed by atoms with Gasteiger partial charge in [-0.3, -0.25) is 4.79 Å². The van der Waals surface area contributed by atoms with E-state index in [0.29, 0.717) is 0 Å². The molecule has 0 aliphatic rings. The number of carbonyl (C=O) groups is 1. The number of aromatic hydroxyl groups is 1. The third-order valence-electron chi connectivity index (χ3n) is 2.75. The van der Waals surface area contributed by atoms with Gasteiger partial charge in [-0.2, -0.15) is 0 Å². The predicted octanol–water partition coefficient (Wildman–Crippen LogP) is 2.46. The van der Waals surface area contributed by atoms with E-state index in [2.05, 4.69) is 5.32 Å². The normalized spacial score (nSPS) is 12.3. The van der Waals surface area contributed by atoms with Gasteiger partial charge in [-0.05, 0) is 26.0 Å². The van der Waals surface area contributed by atoms with E-state index in [1.165, 1.54) is 26.0 Å². The molecule has 0 saturated carbocycles. The van der Waals surface area contributed by atoms with E-state index >= 15 is 0 Å². The summed E-state index contributed by atoms with van der Waals surface area (Å²) in [5, 5.41) is 12.1. The Bertz CT molecular complexity index is 626. The highest BCUT2D eigenvalue weighted by atomic mass is 35.5. The Morgan fingerprint density at radius 2 is 1.84 bits per heavy atom. The van der Waals surface area contributed by atoms with Gasteiger partial charge in [-0.1, -0.05) is 23.2 Å². The molecule has 1 aromatic rings. The van der Waals surface area contributed by atoms with E-state index < -0.39 is 20.5 Å². The number of halogens is 2. The lowest BCUT2D eigenvalue weighted by Gasteiger charge is -2.21. The molecule has 106 valence electrons. The molecule has 1 rings (SSSR count). The van der Waals surface area contributed by atoms with Crippen molar-refractivity contribution < 1.29 is 18.3 Å². The van der Waals surface area contributed by atoms with Crippen LogP contribution < -0.4 is 5.32 Å². The summed E-state index contributed by atoms with van der Waals surface area (Å²) in [6.45, 7) is 2.53. The summed E-state index contributed by atoms with van der Waals surface area (Å²) in [5.74, 6) is -1.16. The summed E-state index contributed by atoms with van der Waals surface area (Å²) in [7, 11) is -3.61. The van der Waals surface area contributed by atoms with Gasteiger partial charge in [0, 0.05) is 11.3 Å². The first kappa shape index (κ1) is 16.1. The second-order valence-electron chi connectivity index (χ2n) is 4.52. The summed E-state index contributed by atoms with van der Waals surface area (Å²) in [6.07, 6.45) is 0.956. The molecule has 0 fully saturated rings. The van der Waals surface area contributed by atoms with Crippen molar-refractivity contribution in [3.05, 3.63) is 22.2 Å². The Morgan fingerprint density at radius 3 is 2.32 bits per heavy atom. The van der Waals surface area contributed by atoms with Crippen molar-refractivity contribution in [1.82, 2.24) is 0 Å². The fourth-order valence-electron chi connectivity index (χ4n) is 1.10. The zero-order chi connectivity index (χ0) is 15.0. The Balaban J connectivity index is 3.15. The third kappa shape index (κ3) is 3.32. The lowest BCUT2D eigenvalue weighted by Crippen LogP contribution is -2.43. The third-order valence-corrected chi connectivity index (χ3v) is 5.30. The highest BCUT2D eigenvalue weighted by Crippen LogP contribution is 2.35. The number of carbonyl (C=O) groups excluding carboxylic acids is 1. The largest absolute Gasteiger partial charge is 0.504 e. The first-order chi connectivity index (χ1) is 8.46. The van der Waals surface area contributed by atoms with E-state index in [9.17, 15) is 18.3 Å². The van der Waals surface area contributed by atoms with Crippen molar-refractivity contribution in [3.63, 3.8) is 0 Å². The molecule has 1 amide bonds. The fraction of sp³-hybridized carbons (Fsp3) is 0.364. The van der Waals surface area contributed by atoms with Gasteiger partial charge in [0.25, 0.3) is 0 Å². The molecule has 0 atom stereocenters. The summed E-state index contributed by atoms with van der Waals surface area (Å²) in [5.41, 5.74) is -0.0424. The number of phenols is 1. The van der Waals surface area contributed by atoms with Crippen molar-refractivity contribution >= 4 is 44.6 Å². The highest BCUT2D eigenvalue weighted by molar-refractivity contribution is 7.92. The van der Waals surface area contributed by atoms with Gasteiger partial charge in [0.15, 0.2) is 15.6 Å². The lowest BCUT2D eigenvalue weighted by molar-refractivity contribution is -0.117. The smallest absolute Gasteiger partial charge is 0.245 e. The molecule has 5 nitrogen and oxygen atoms in total.